The predicted molar refractivity (Wildman–Crippen MR) is 102 cm³/mol. The van der Waals surface area contributed by atoms with Gasteiger partial charge in [0.15, 0.2) is 5.96 Å². The summed E-state index contributed by atoms with van der Waals surface area (Å²) in [4.78, 5) is 4.60. The van der Waals surface area contributed by atoms with Crippen molar-refractivity contribution >= 4 is 41.7 Å². The molecule has 0 radical (unpaired) electrons. The van der Waals surface area contributed by atoms with Crippen LogP contribution in [-0.4, -0.2) is 30.6 Å². The van der Waals surface area contributed by atoms with Gasteiger partial charge in [0, 0.05) is 18.3 Å². The van der Waals surface area contributed by atoms with Crippen LogP contribution in [0.1, 0.15) is 25.0 Å². The SMILES string of the molecule is CCNC(=NCc1ccc(C)cc1)NCC(C)SC.I. The second-order valence-corrected chi connectivity index (χ2v) is 5.88. The summed E-state index contributed by atoms with van der Waals surface area (Å²) >= 11 is 1.86. The summed E-state index contributed by atoms with van der Waals surface area (Å²) < 4.78 is 0. The first-order valence-corrected chi connectivity index (χ1v) is 8.05. The molecule has 1 rings (SSSR count). The quantitative estimate of drug-likeness (QED) is 0.431. The van der Waals surface area contributed by atoms with Gasteiger partial charge in [-0.05, 0) is 25.7 Å². The van der Waals surface area contributed by atoms with Crippen molar-refractivity contribution in [2.45, 2.75) is 32.6 Å². The lowest BCUT2D eigenvalue weighted by Crippen LogP contribution is -2.40. The number of hydrogen-bond acceptors (Lipinski definition) is 2. The summed E-state index contributed by atoms with van der Waals surface area (Å²) in [7, 11) is 0. The van der Waals surface area contributed by atoms with Crippen molar-refractivity contribution in [2.24, 2.45) is 4.99 Å². The number of nitrogens with zero attached hydrogens (tertiary/aromatic N) is 1. The normalized spacial score (nSPS) is 12.5. The molecule has 0 bridgehead atoms. The maximum absolute atomic E-state index is 4.60. The number of nitrogens with one attached hydrogen (secondary N) is 2. The molecule has 1 atom stereocenters. The van der Waals surface area contributed by atoms with Crippen molar-refractivity contribution in [3.63, 3.8) is 0 Å². The van der Waals surface area contributed by atoms with Gasteiger partial charge in [-0.15, -0.1) is 24.0 Å². The molecular formula is C15H26IN3S. The lowest BCUT2D eigenvalue weighted by atomic mass is 10.1. The van der Waals surface area contributed by atoms with E-state index in [4.69, 9.17) is 0 Å². The van der Waals surface area contributed by atoms with E-state index in [1.165, 1.54) is 11.1 Å². The summed E-state index contributed by atoms with van der Waals surface area (Å²) in [6, 6.07) is 8.52. The number of halogens is 1. The number of benzene rings is 1. The third-order valence-electron chi connectivity index (χ3n) is 2.84. The summed E-state index contributed by atoms with van der Waals surface area (Å²) in [6.45, 7) is 8.92. The molecule has 0 aliphatic rings. The lowest BCUT2D eigenvalue weighted by Gasteiger charge is -2.14. The first-order valence-electron chi connectivity index (χ1n) is 6.76. The van der Waals surface area contributed by atoms with Crippen molar-refractivity contribution in [3.05, 3.63) is 35.4 Å². The maximum atomic E-state index is 4.60. The van der Waals surface area contributed by atoms with Crippen LogP contribution >= 0.6 is 35.7 Å². The second kappa shape index (κ2) is 11.3. The van der Waals surface area contributed by atoms with Gasteiger partial charge in [0.1, 0.15) is 0 Å². The van der Waals surface area contributed by atoms with E-state index in [-0.39, 0.29) is 24.0 Å². The highest BCUT2D eigenvalue weighted by Gasteiger charge is 2.01. The number of hydrogen-bond donors (Lipinski definition) is 2. The van der Waals surface area contributed by atoms with Gasteiger partial charge >= 0.3 is 0 Å². The molecule has 1 aromatic rings. The number of aliphatic imine (C=N–C) groups is 1. The Bertz CT molecular complexity index is 393. The third kappa shape index (κ3) is 7.99. The Kier molecular flexibility index (Phi) is 11.0. The van der Waals surface area contributed by atoms with Crippen LogP contribution in [0, 0.1) is 6.92 Å². The molecule has 0 aliphatic heterocycles. The minimum Gasteiger partial charge on any atom is -0.357 e. The van der Waals surface area contributed by atoms with Gasteiger partial charge in [-0.1, -0.05) is 36.8 Å². The molecule has 0 amide bonds. The minimum atomic E-state index is 0. The molecule has 5 heteroatoms. The van der Waals surface area contributed by atoms with E-state index in [9.17, 15) is 0 Å². The third-order valence-corrected chi connectivity index (χ3v) is 3.82. The first kappa shape index (κ1) is 19.6. The first-order chi connectivity index (χ1) is 9.15. The summed E-state index contributed by atoms with van der Waals surface area (Å²) in [5, 5.41) is 7.23. The maximum Gasteiger partial charge on any atom is 0.191 e. The van der Waals surface area contributed by atoms with E-state index in [0.717, 1.165) is 19.0 Å². The number of rotatable bonds is 6. The van der Waals surface area contributed by atoms with Crippen LogP contribution in [0.2, 0.25) is 0 Å². The summed E-state index contributed by atoms with van der Waals surface area (Å²) in [5.74, 6) is 0.893. The fourth-order valence-corrected chi connectivity index (χ4v) is 1.78. The molecule has 0 fully saturated rings. The lowest BCUT2D eigenvalue weighted by molar-refractivity contribution is 0.795. The second-order valence-electron chi connectivity index (χ2n) is 4.61. The van der Waals surface area contributed by atoms with Crippen LogP contribution in [0.25, 0.3) is 0 Å². The molecule has 1 unspecified atom stereocenters. The van der Waals surface area contributed by atoms with E-state index in [1.807, 2.05) is 11.8 Å². The Morgan fingerprint density at radius 1 is 1.25 bits per heavy atom. The Morgan fingerprint density at radius 3 is 2.45 bits per heavy atom. The van der Waals surface area contributed by atoms with Crippen LogP contribution in [0.4, 0.5) is 0 Å². The Morgan fingerprint density at radius 2 is 1.90 bits per heavy atom. The molecule has 0 saturated heterocycles. The molecule has 20 heavy (non-hydrogen) atoms. The molecular weight excluding hydrogens is 381 g/mol. The van der Waals surface area contributed by atoms with Crippen molar-refractivity contribution < 1.29 is 0 Å². The Balaban J connectivity index is 0.00000361. The molecule has 0 spiro atoms. The van der Waals surface area contributed by atoms with Crippen LogP contribution in [0.3, 0.4) is 0 Å². The average Bonchev–Trinajstić information content (AvgIpc) is 2.43. The molecule has 114 valence electrons. The highest BCUT2D eigenvalue weighted by atomic mass is 127. The zero-order valence-electron chi connectivity index (χ0n) is 12.8. The van der Waals surface area contributed by atoms with Crippen molar-refractivity contribution in [1.82, 2.24) is 10.6 Å². The van der Waals surface area contributed by atoms with Gasteiger partial charge in [-0.2, -0.15) is 11.8 Å². The van der Waals surface area contributed by atoms with E-state index < -0.39 is 0 Å². The van der Waals surface area contributed by atoms with Gasteiger partial charge in [-0.25, -0.2) is 4.99 Å². The summed E-state index contributed by atoms with van der Waals surface area (Å²) in [5.41, 5.74) is 2.52. The van der Waals surface area contributed by atoms with Gasteiger partial charge in [0.25, 0.3) is 0 Å². The Hall–Kier alpha value is -0.430. The number of aryl methyl sites for hydroxylation is 1. The minimum absolute atomic E-state index is 0. The molecule has 2 N–H and O–H groups in total. The van der Waals surface area contributed by atoms with Crippen LogP contribution in [-0.2, 0) is 6.54 Å². The van der Waals surface area contributed by atoms with Crippen LogP contribution < -0.4 is 10.6 Å². The molecule has 0 aromatic heterocycles. The highest BCUT2D eigenvalue weighted by molar-refractivity contribution is 14.0. The van der Waals surface area contributed by atoms with Gasteiger partial charge in [0.05, 0.1) is 6.54 Å². The molecule has 3 nitrogen and oxygen atoms in total. The van der Waals surface area contributed by atoms with Crippen LogP contribution in [0.5, 0.6) is 0 Å². The standard InChI is InChI=1S/C15H25N3S.HI/c1-5-16-15(17-10-13(3)19-4)18-11-14-8-6-12(2)7-9-14;/h6-9,13H,5,10-11H2,1-4H3,(H2,16,17,18);1H. The van der Waals surface area contributed by atoms with Crippen molar-refractivity contribution in [1.29, 1.82) is 0 Å². The molecule has 1 aromatic carbocycles. The smallest absolute Gasteiger partial charge is 0.191 e. The topological polar surface area (TPSA) is 36.4 Å². The van der Waals surface area contributed by atoms with E-state index >= 15 is 0 Å². The van der Waals surface area contributed by atoms with Crippen molar-refractivity contribution in [3.8, 4) is 0 Å². The van der Waals surface area contributed by atoms with Crippen LogP contribution in [0.15, 0.2) is 29.3 Å². The van der Waals surface area contributed by atoms with Gasteiger partial charge in [0.2, 0.25) is 0 Å². The number of guanidine groups is 1. The van der Waals surface area contributed by atoms with Gasteiger partial charge < -0.3 is 10.6 Å². The fraction of sp³-hybridized carbons (Fsp3) is 0.533. The van der Waals surface area contributed by atoms with Crippen molar-refractivity contribution in [2.75, 3.05) is 19.3 Å². The Labute approximate surface area is 144 Å². The number of thioether (sulfide) groups is 1. The zero-order chi connectivity index (χ0) is 14.1. The highest BCUT2D eigenvalue weighted by Crippen LogP contribution is 2.05. The monoisotopic (exact) mass is 407 g/mol. The summed E-state index contributed by atoms with van der Waals surface area (Å²) in [6.07, 6.45) is 2.13. The molecule has 0 saturated carbocycles. The van der Waals surface area contributed by atoms with E-state index in [2.05, 4.69) is 66.9 Å². The van der Waals surface area contributed by atoms with E-state index in [1.54, 1.807) is 0 Å². The van der Waals surface area contributed by atoms with E-state index in [0.29, 0.717) is 11.8 Å². The molecule has 0 heterocycles. The average molecular weight is 407 g/mol. The molecule has 0 aliphatic carbocycles. The zero-order valence-corrected chi connectivity index (χ0v) is 15.9. The largest absolute Gasteiger partial charge is 0.357 e. The van der Waals surface area contributed by atoms with Gasteiger partial charge in [-0.3, -0.25) is 0 Å². The fourth-order valence-electron chi connectivity index (χ4n) is 1.53. The predicted octanol–water partition coefficient (Wildman–Crippen LogP) is 3.42.